The lowest BCUT2D eigenvalue weighted by atomic mass is 10.2. The Balaban J connectivity index is 2.55. The molecule has 1 aromatic rings. The van der Waals surface area contributed by atoms with Crippen LogP contribution in [0.2, 0.25) is 0 Å². The number of aromatic hydroxyl groups is 2. The van der Waals surface area contributed by atoms with Crippen LogP contribution in [0, 0.1) is 0 Å². The molecule has 0 spiro atoms. The Morgan fingerprint density at radius 2 is 1.93 bits per heavy atom. The van der Waals surface area contributed by atoms with Crippen LogP contribution in [0.1, 0.15) is 26.3 Å². The maximum absolute atomic E-state index is 9.48. The minimum absolute atomic E-state index is 0.109. The van der Waals surface area contributed by atoms with Gasteiger partial charge >= 0.3 is 0 Å². The smallest absolute Gasteiger partial charge is 0.162 e. The topological polar surface area (TPSA) is 61.7 Å². The quantitative estimate of drug-likeness (QED) is 0.528. The van der Waals surface area contributed by atoms with E-state index in [9.17, 15) is 10.2 Å². The van der Waals surface area contributed by atoms with E-state index >= 15 is 0 Å². The highest BCUT2D eigenvalue weighted by Gasteiger charge is 2.11. The predicted molar refractivity (Wildman–Crippen MR) is 57.4 cm³/mol. The number of hydroxylamine groups is 1. The van der Waals surface area contributed by atoms with Gasteiger partial charge in [-0.25, -0.2) is 0 Å². The second-order valence-electron chi connectivity index (χ2n) is 4.32. The minimum Gasteiger partial charge on any atom is -0.504 e. The first-order valence-corrected chi connectivity index (χ1v) is 4.81. The van der Waals surface area contributed by atoms with Gasteiger partial charge in [-0.05, 0) is 26.8 Å². The van der Waals surface area contributed by atoms with Gasteiger partial charge in [-0.15, -0.1) is 0 Å². The third-order valence-electron chi connectivity index (χ3n) is 1.74. The molecule has 84 valence electrons. The molecule has 1 rings (SSSR count). The number of rotatable bonds is 3. The first-order chi connectivity index (χ1) is 6.90. The van der Waals surface area contributed by atoms with Gasteiger partial charge in [0.1, 0.15) is 0 Å². The Bertz CT molecular complexity index is 331. The second kappa shape index (κ2) is 4.51. The van der Waals surface area contributed by atoms with Crippen molar-refractivity contribution in [3.63, 3.8) is 0 Å². The van der Waals surface area contributed by atoms with Gasteiger partial charge in [0.25, 0.3) is 0 Å². The summed E-state index contributed by atoms with van der Waals surface area (Å²) in [5, 5.41) is 18.7. The fourth-order valence-corrected chi connectivity index (χ4v) is 1.05. The molecule has 3 N–H and O–H groups in total. The van der Waals surface area contributed by atoms with E-state index in [2.05, 4.69) is 5.48 Å². The molecular weight excluding hydrogens is 194 g/mol. The Morgan fingerprint density at radius 3 is 2.53 bits per heavy atom. The average Bonchev–Trinajstić information content (AvgIpc) is 2.10. The van der Waals surface area contributed by atoms with Gasteiger partial charge in [0.05, 0.1) is 5.60 Å². The molecule has 4 heteroatoms. The Labute approximate surface area is 89.5 Å². The number of nitrogens with one attached hydrogen (secondary N) is 1. The molecule has 0 saturated heterocycles. The number of phenols is 2. The van der Waals surface area contributed by atoms with E-state index in [-0.39, 0.29) is 17.1 Å². The maximum Gasteiger partial charge on any atom is 0.162 e. The third kappa shape index (κ3) is 3.77. The van der Waals surface area contributed by atoms with Crippen molar-refractivity contribution < 1.29 is 15.1 Å². The highest BCUT2D eigenvalue weighted by Crippen LogP contribution is 2.27. The Hall–Kier alpha value is -1.26. The van der Waals surface area contributed by atoms with Gasteiger partial charge < -0.3 is 10.2 Å². The summed E-state index contributed by atoms with van der Waals surface area (Å²) in [7, 11) is 0. The van der Waals surface area contributed by atoms with Crippen LogP contribution >= 0.6 is 0 Å². The van der Waals surface area contributed by atoms with Crippen LogP contribution in [0.15, 0.2) is 18.2 Å². The van der Waals surface area contributed by atoms with E-state index in [0.29, 0.717) is 12.1 Å². The van der Waals surface area contributed by atoms with Crippen LogP contribution in [-0.2, 0) is 11.4 Å². The molecular formula is C11H17NO3. The standard InChI is InChI=1S/C11H17NO3/c1-11(2,3)15-12-7-8-5-4-6-9(13)10(8)14/h4-6,12-14H,7H2,1-3H3. The van der Waals surface area contributed by atoms with Crippen molar-refractivity contribution in [2.75, 3.05) is 0 Å². The Kier molecular flexibility index (Phi) is 3.55. The lowest BCUT2D eigenvalue weighted by molar-refractivity contribution is -0.0759. The molecule has 15 heavy (non-hydrogen) atoms. The fourth-order valence-electron chi connectivity index (χ4n) is 1.05. The van der Waals surface area contributed by atoms with E-state index in [4.69, 9.17) is 4.84 Å². The molecule has 0 aliphatic carbocycles. The third-order valence-corrected chi connectivity index (χ3v) is 1.74. The number of para-hydroxylation sites is 1. The van der Waals surface area contributed by atoms with Gasteiger partial charge in [-0.3, -0.25) is 4.84 Å². The zero-order valence-electron chi connectivity index (χ0n) is 9.24. The molecule has 0 bridgehead atoms. The molecule has 0 saturated carbocycles. The van der Waals surface area contributed by atoms with Gasteiger partial charge in [0, 0.05) is 12.1 Å². The first kappa shape index (κ1) is 11.8. The van der Waals surface area contributed by atoms with Crippen LogP contribution in [0.4, 0.5) is 0 Å². The highest BCUT2D eigenvalue weighted by molar-refractivity contribution is 5.44. The molecule has 1 aromatic carbocycles. The van der Waals surface area contributed by atoms with Crippen LogP contribution < -0.4 is 5.48 Å². The van der Waals surface area contributed by atoms with Gasteiger partial charge in [0.2, 0.25) is 0 Å². The van der Waals surface area contributed by atoms with Crippen molar-refractivity contribution in [3.05, 3.63) is 23.8 Å². The van der Waals surface area contributed by atoms with E-state index in [1.165, 1.54) is 6.07 Å². The van der Waals surface area contributed by atoms with Gasteiger partial charge in [-0.1, -0.05) is 12.1 Å². The summed E-state index contributed by atoms with van der Waals surface area (Å²) in [6, 6.07) is 4.82. The number of hydrogen-bond acceptors (Lipinski definition) is 4. The molecule has 0 amide bonds. The van der Waals surface area contributed by atoms with Crippen molar-refractivity contribution in [3.8, 4) is 11.5 Å². The SMILES string of the molecule is CC(C)(C)ONCc1cccc(O)c1O. The first-order valence-electron chi connectivity index (χ1n) is 4.81. The van der Waals surface area contributed by atoms with Crippen molar-refractivity contribution in [1.29, 1.82) is 0 Å². The Morgan fingerprint density at radius 1 is 1.27 bits per heavy atom. The predicted octanol–water partition coefficient (Wildman–Crippen LogP) is 1.92. The summed E-state index contributed by atoms with van der Waals surface area (Å²) < 4.78 is 0. The van der Waals surface area contributed by atoms with Crippen molar-refractivity contribution in [1.82, 2.24) is 5.48 Å². The monoisotopic (exact) mass is 211 g/mol. The minimum atomic E-state index is -0.285. The summed E-state index contributed by atoms with van der Waals surface area (Å²) in [5.41, 5.74) is 3.05. The number of phenolic OH excluding ortho intramolecular Hbond substituents is 2. The maximum atomic E-state index is 9.48. The van der Waals surface area contributed by atoms with Crippen LogP contribution in [-0.4, -0.2) is 15.8 Å². The van der Waals surface area contributed by atoms with Crippen molar-refractivity contribution in [2.24, 2.45) is 0 Å². The number of hydrogen-bond donors (Lipinski definition) is 3. The molecule has 0 unspecified atom stereocenters. The summed E-state index contributed by atoms with van der Waals surface area (Å²) in [6.45, 7) is 6.10. The van der Waals surface area contributed by atoms with Crippen LogP contribution in [0.3, 0.4) is 0 Å². The van der Waals surface area contributed by atoms with E-state index in [1.807, 2.05) is 20.8 Å². The van der Waals surface area contributed by atoms with Crippen molar-refractivity contribution in [2.45, 2.75) is 32.9 Å². The number of benzene rings is 1. The molecule has 0 atom stereocenters. The van der Waals surface area contributed by atoms with E-state index in [1.54, 1.807) is 12.1 Å². The normalized spacial score (nSPS) is 11.7. The summed E-state index contributed by atoms with van der Waals surface area (Å²) >= 11 is 0. The van der Waals surface area contributed by atoms with Gasteiger partial charge in [-0.2, -0.15) is 5.48 Å². The fraction of sp³-hybridized carbons (Fsp3) is 0.455. The molecule has 0 fully saturated rings. The molecule has 0 heterocycles. The van der Waals surface area contributed by atoms with E-state index < -0.39 is 0 Å². The summed E-state index contributed by atoms with van der Waals surface area (Å²) in [5.74, 6) is -0.229. The second-order valence-corrected chi connectivity index (χ2v) is 4.32. The van der Waals surface area contributed by atoms with E-state index in [0.717, 1.165) is 0 Å². The van der Waals surface area contributed by atoms with Crippen LogP contribution in [0.5, 0.6) is 11.5 Å². The largest absolute Gasteiger partial charge is 0.504 e. The van der Waals surface area contributed by atoms with Gasteiger partial charge in [0.15, 0.2) is 11.5 Å². The van der Waals surface area contributed by atoms with Crippen molar-refractivity contribution >= 4 is 0 Å². The average molecular weight is 211 g/mol. The molecule has 4 nitrogen and oxygen atoms in total. The lowest BCUT2D eigenvalue weighted by Crippen LogP contribution is -2.28. The van der Waals surface area contributed by atoms with Crippen LogP contribution in [0.25, 0.3) is 0 Å². The summed E-state index contributed by atoms with van der Waals surface area (Å²) in [6.07, 6.45) is 0. The highest BCUT2D eigenvalue weighted by atomic mass is 16.7. The lowest BCUT2D eigenvalue weighted by Gasteiger charge is -2.19. The molecule has 0 aliphatic rings. The zero-order valence-corrected chi connectivity index (χ0v) is 9.24. The molecule has 0 aliphatic heterocycles. The molecule has 0 aromatic heterocycles. The molecule has 0 radical (unpaired) electrons. The zero-order chi connectivity index (χ0) is 11.5. The summed E-state index contributed by atoms with van der Waals surface area (Å²) in [4.78, 5) is 5.29.